The van der Waals surface area contributed by atoms with Crippen molar-refractivity contribution in [2.75, 3.05) is 6.61 Å². The van der Waals surface area contributed by atoms with Gasteiger partial charge >= 0.3 is 5.97 Å². The first-order valence-corrected chi connectivity index (χ1v) is 11.6. The maximum atomic E-state index is 12.2. The molecule has 2 aromatic rings. The van der Waals surface area contributed by atoms with Crippen LogP contribution in [-0.4, -0.2) is 26.1 Å². The van der Waals surface area contributed by atoms with Crippen LogP contribution in [0.2, 0.25) is 0 Å². The molecule has 0 aliphatic heterocycles. The number of aliphatic carboxylic acids is 1. The van der Waals surface area contributed by atoms with Gasteiger partial charge in [0.1, 0.15) is 0 Å². The molecule has 1 N–H and O–H groups in total. The van der Waals surface area contributed by atoms with Crippen LogP contribution in [0.1, 0.15) is 54.7 Å². The summed E-state index contributed by atoms with van der Waals surface area (Å²) in [4.78, 5) is 11.9. The molecule has 6 heteroatoms. The fraction of sp³-hybridized carbons (Fsp3) is 0.435. The largest absolute Gasteiger partial charge is 0.481 e. The third-order valence-corrected chi connectivity index (χ3v) is 6.91. The minimum Gasteiger partial charge on any atom is -0.481 e. The fourth-order valence-electron chi connectivity index (χ4n) is 4.08. The third-order valence-electron chi connectivity index (χ3n) is 5.60. The molecule has 1 atom stereocenters. The fourth-order valence-corrected chi connectivity index (χ4v) is 5.13. The third kappa shape index (κ3) is 5.67. The summed E-state index contributed by atoms with van der Waals surface area (Å²) >= 11 is 0. The van der Waals surface area contributed by atoms with E-state index in [2.05, 4.69) is 0 Å². The summed E-state index contributed by atoms with van der Waals surface area (Å²) in [5, 5.41) is 9.64. The van der Waals surface area contributed by atoms with Crippen molar-refractivity contribution >= 4 is 16.1 Å². The zero-order valence-corrected chi connectivity index (χ0v) is 17.5. The Balaban J connectivity index is 1.53. The Hall–Kier alpha value is -2.18. The van der Waals surface area contributed by atoms with Crippen LogP contribution in [0.15, 0.2) is 53.4 Å². The minimum atomic E-state index is -3.74. The normalized spacial score (nSPS) is 16.0. The first-order chi connectivity index (χ1) is 13.9. The standard InChI is InChI=1S/C23H28O5S/c1-17-6-4-10-21(16-17)29(26,27)28-15-5-7-18-11-13-20(14-12-18)22(23(24)25)19-8-2-3-9-19/h4,6,10-14,16,19,22H,2-3,5,7-9,15H2,1H3,(H,24,25). The van der Waals surface area contributed by atoms with Gasteiger partial charge in [-0.3, -0.25) is 8.98 Å². The predicted molar refractivity (Wildman–Crippen MR) is 111 cm³/mol. The lowest BCUT2D eigenvalue weighted by molar-refractivity contribution is -0.140. The highest BCUT2D eigenvalue weighted by Gasteiger charge is 2.31. The molecule has 0 spiro atoms. The van der Waals surface area contributed by atoms with Gasteiger partial charge in [-0.25, -0.2) is 0 Å². The molecule has 0 aromatic heterocycles. The average Bonchev–Trinajstić information content (AvgIpc) is 3.20. The zero-order chi connectivity index (χ0) is 20.9. The van der Waals surface area contributed by atoms with Gasteiger partial charge in [0.05, 0.1) is 17.4 Å². The first kappa shape index (κ1) is 21.5. The van der Waals surface area contributed by atoms with Crippen LogP contribution >= 0.6 is 0 Å². The van der Waals surface area contributed by atoms with Crippen LogP contribution < -0.4 is 0 Å². The molecule has 1 fully saturated rings. The summed E-state index contributed by atoms with van der Waals surface area (Å²) < 4.78 is 29.6. The van der Waals surface area contributed by atoms with Gasteiger partial charge in [0.25, 0.3) is 10.1 Å². The summed E-state index contributed by atoms with van der Waals surface area (Å²) in [6.07, 6.45) is 5.41. The SMILES string of the molecule is Cc1cccc(S(=O)(=O)OCCCc2ccc(C(C(=O)O)C3CCCC3)cc2)c1. The number of carbonyl (C=O) groups is 1. The van der Waals surface area contributed by atoms with E-state index in [1.807, 2.05) is 37.3 Å². The Kier molecular flexibility index (Phi) is 7.09. The van der Waals surface area contributed by atoms with Crippen molar-refractivity contribution in [2.45, 2.75) is 56.3 Å². The van der Waals surface area contributed by atoms with E-state index in [4.69, 9.17) is 4.18 Å². The monoisotopic (exact) mass is 416 g/mol. The molecule has 0 saturated heterocycles. The van der Waals surface area contributed by atoms with E-state index < -0.39 is 22.0 Å². The maximum Gasteiger partial charge on any atom is 0.311 e. The van der Waals surface area contributed by atoms with Gasteiger partial charge < -0.3 is 5.11 Å². The van der Waals surface area contributed by atoms with E-state index in [1.54, 1.807) is 12.1 Å². The Labute approximate surface area is 172 Å². The van der Waals surface area contributed by atoms with Gasteiger partial charge in [0, 0.05) is 0 Å². The quantitative estimate of drug-likeness (QED) is 0.474. The highest BCUT2D eigenvalue weighted by atomic mass is 32.2. The van der Waals surface area contributed by atoms with Crippen molar-refractivity contribution < 1.29 is 22.5 Å². The van der Waals surface area contributed by atoms with Crippen LogP contribution in [0, 0.1) is 12.8 Å². The first-order valence-electron chi connectivity index (χ1n) is 10.1. The second-order valence-electron chi connectivity index (χ2n) is 7.80. The molecule has 3 rings (SSSR count). The lowest BCUT2D eigenvalue weighted by Gasteiger charge is -2.19. The van der Waals surface area contributed by atoms with E-state index in [0.717, 1.165) is 42.4 Å². The van der Waals surface area contributed by atoms with Gasteiger partial charge in [-0.1, -0.05) is 49.2 Å². The van der Waals surface area contributed by atoms with E-state index in [9.17, 15) is 18.3 Å². The average molecular weight is 417 g/mol. The summed E-state index contributed by atoms with van der Waals surface area (Å²) in [7, 11) is -3.74. The molecule has 0 amide bonds. The summed E-state index contributed by atoms with van der Waals surface area (Å²) in [5.74, 6) is -0.965. The Bertz CT molecular complexity index is 928. The molecule has 2 aromatic carbocycles. The summed E-state index contributed by atoms with van der Waals surface area (Å²) in [6, 6.07) is 14.3. The molecule has 0 bridgehead atoms. The van der Waals surface area contributed by atoms with Crippen molar-refractivity contribution in [3.05, 3.63) is 65.2 Å². The number of aryl methyl sites for hydroxylation is 2. The second kappa shape index (κ2) is 9.55. The van der Waals surface area contributed by atoms with Gasteiger partial charge in [0.2, 0.25) is 0 Å². The molecular formula is C23H28O5S. The van der Waals surface area contributed by atoms with Gasteiger partial charge in [-0.15, -0.1) is 0 Å². The molecule has 29 heavy (non-hydrogen) atoms. The lowest BCUT2D eigenvalue weighted by Crippen LogP contribution is -2.19. The number of hydrogen-bond donors (Lipinski definition) is 1. The van der Waals surface area contributed by atoms with Crippen molar-refractivity contribution in [3.63, 3.8) is 0 Å². The van der Waals surface area contributed by atoms with E-state index in [1.165, 1.54) is 6.07 Å². The zero-order valence-electron chi connectivity index (χ0n) is 16.7. The highest BCUT2D eigenvalue weighted by molar-refractivity contribution is 7.86. The number of carboxylic acids is 1. The topological polar surface area (TPSA) is 80.7 Å². The number of benzene rings is 2. The van der Waals surface area contributed by atoms with Crippen molar-refractivity contribution in [1.82, 2.24) is 0 Å². The molecule has 1 aliphatic carbocycles. The summed E-state index contributed by atoms with van der Waals surface area (Å²) in [6.45, 7) is 1.95. The van der Waals surface area contributed by atoms with E-state index in [0.29, 0.717) is 12.8 Å². The van der Waals surface area contributed by atoms with Gasteiger partial charge in [0.15, 0.2) is 0 Å². The van der Waals surface area contributed by atoms with Crippen molar-refractivity contribution in [3.8, 4) is 0 Å². The van der Waals surface area contributed by atoms with Crippen molar-refractivity contribution in [2.24, 2.45) is 5.92 Å². The highest BCUT2D eigenvalue weighted by Crippen LogP contribution is 2.37. The predicted octanol–water partition coefficient (Wildman–Crippen LogP) is 4.69. The Morgan fingerprint density at radius 3 is 2.45 bits per heavy atom. The Morgan fingerprint density at radius 1 is 1.14 bits per heavy atom. The van der Waals surface area contributed by atoms with Crippen molar-refractivity contribution in [1.29, 1.82) is 0 Å². The van der Waals surface area contributed by atoms with Crippen LogP contribution in [0.4, 0.5) is 0 Å². The number of rotatable bonds is 9. The second-order valence-corrected chi connectivity index (χ2v) is 9.41. The molecule has 5 nitrogen and oxygen atoms in total. The maximum absolute atomic E-state index is 12.2. The molecule has 1 saturated carbocycles. The summed E-state index contributed by atoms with van der Waals surface area (Å²) in [5.41, 5.74) is 2.76. The van der Waals surface area contributed by atoms with E-state index >= 15 is 0 Å². The Morgan fingerprint density at radius 2 is 1.83 bits per heavy atom. The van der Waals surface area contributed by atoms with Crippen LogP contribution in [0.25, 0.3) is 0 Å². The number of hydrogen-bond acceptors (Lipinski definition) is 4. The molecule has 156 valence electrons. The molecule has 1 aliphatic rings. The lowest BCUT2D eigenvalue weighted by atomic mass is 9.84. The molecule has 0 heterocycles. The van der Waals surface area contributed by atoms with Crippen LogP contribution in [0.5, 0.6) is 0 Å². The van der Waals surface area contributed by atoms with Gasteiger partial charge in [-0.05, 0) is 67.3 Å². The van der Waals surface area contributed by atoms with Gasteiger partial charge in [-0.2, -0.15) is 8.42 Å². The molecular weight excluding hydrogens is 388 g/mol. The van der Waals surface area contributed by atoms with E-state index in [-0.39, 0.29) is 17.4 Å². The molecule has 0 radical (unpaired) electrons. The minimum absolute atomic E-state index is 0.109. The van der Waals surface area contributed by atoms with Crippen LogP contribution in [0.3, 0.4) is 0 Å². The smallest absolute Gasteiger partial charge is 0.311 e. The molecule has 1 unspecified atom stereocenters. The van der Waals surface area contributed by atoms with Crippen LogP contribution in [-0.2, 0) is 25.5 Å². The number of carboxylic acid groups (broad SMARTS) is 1.